The molecule has 1 aliphatic rings. The van der Waals surface area contributed by atoms with Crippen molar-refractivity contribution in [1.82, 2.24) is 4.98 Å². The van der Waals surface area contributed by atoms with Gasteiger partial charge in [-0.1, -0.05) is 33.8 Å². The van der Waals surface area contributed by atoms with Gasteiger partial charge in [-0.25, -0.2) is 0 Å². The minimum Gasteiger partial charge on any atom is -0.357 e. The first-order valence-corrected chi connectivity index (χ1v) is 5.80. The Morgan fingerprint density at radius 3 is 2.73 bits per heavy atom. The van der Waals surface area contributed by atoms with Crippen LogP contribution < -0.4 is 10.7 Å². The van der Waals surface area contributed by atoms with E-state index in [2.05, 4.69) is 43.7 Å². The van der Waals surface area contributed by atoms with Crippen molar-refractivity contribution in [3.8, 4) is 0 Å². The van der Waals surface area contributed by atoms with Crippen molar-refractivity contribution in [1.29, 1.82) is 0 Å². The number of nitrogens with zero attached hydrogens (tertiary/aromatic N) is 1. The van der Waals surface area contributed by atoms with Gasteiger partial charge in [-0.05, 0) is 18.3 Å². The van der Waals surface area contributed by atoms with Gasteiger partial charge in [0.05, 0.1) is 10.7 Å². The van der Waals surface area contributed by atoms with Crippen molar-refractivity contribution in [2.75, 3.05) is 6.54 Å². The lowest BCUT2D eigenvalue weighted by atomic mass is 9.86. The van der Waals surface area contributed by atoms with Crippen LogP contribution in [0.3, 0.4) is 0 Å². The van der Waals surface area contributed by atoms with Gasteiger partial charge in [-0.2, -0.15) is 0 Å². The van der Waals surface area contributed by atoms with Gasteiger partial charge in [-0.15, -0.1) is 0 Å². The molecule has 2 rings (SSSR count). The van der Waals surface area contributed by atoms with Gasteiger partial charge in [0.2, 0.25) is 0 Å². The second-order valence-corrected chi connectivity index (χ2v) is 5.22. The van der Waals surface area contributed by atoms with Gasteiger partial charge in [0.25, 0.3) is 0 Å². The van der Waals surface area contributed by atoms with Gasteiger partial charge in [0.1, 0.15) is 0 Å². The van der Waals surface area contributed by atoms with E-state index in [1.807, 2.05) is 0 Å². The van der Waals surface area contributed by atoms with Crippen LogP contribution in [0.4, 0.5) is 0 Å². The molecule has 0 aliphatic carbocycles. The Morgan fingerprint density at radius 1 is 1.40 bits per heavy atom. The van der Waals surface area contributed by atoms with E-state index in [-0.39, 0.29) is 5.41 Å². The van der Waals surface area contributed by atoms with E-state index in [1.165, 1.54) is 22.0 Å². The van der Waals surface area contributed by atoms with E-state index in [9.17, 15) is 0 Å². The highest BCUT2D eigenvalue weighted by Gasteiger charge is 2.22. The van der Waals surface area contributed by atoms with Crippen molar-refractivity contribution in [3.05, 3.63) is 22.0 Å². The first-order chi connectivity index (χ1) is 7.04. The van der Waals surface area contributed by atoms with Crippen molar-refractivity contribution in [2.45, 2.75) is 46.0 Å². The first kappa shape index (κ1) is 10.5. The van der Waals surface area contributed by atoms with Crippen LogP contribution in [-0.2, 0) is 11.8 Å². The molecule has 0 atom stereocenters. The summed E-state index contributed by atoms with van der Waals surface area (Å²) in [5, 5.41) is 2.45. The fourth-order valence-corrected chi connectivity index (χ4v) is 2.33. The molecule has 0 bridgehead atoms. The highest BCUT2D eigenvalue weighted by molar-refractivity contribution is 5.34. The van der Waals surface area contributed by atoms with Crippen molar-refractivity contribution in [2.24, 2.45) is 4.99 Å². The van der Waals surface area contributed by atoms with Gasteiger partial charge >= 0.3 is 0 Å². The summed E-state index contributed by atoms with van der Waals surface area (Å²) in [5.41, 5.74) is 2.95. The first-order valence-electron chi connectivity index (χ1n) is 5.80. The minimum atomic E-state index is 0.185. The SMILES string of the molecule is CCc1[nH]c2c(c1C(C)(C)C)=NCCC=2. The molecule has 15 heavy (non-hydrogen) atoms. The fraction of sp³-hybridized carbons (Fsp3) is 0.615. The lowest BCUT2D eigenvalue weighted by Gasteiger charge is -2.19. The van der Waals surface area contributed by atoms with E-state index in [4.69, 9.17) is 0 Å². The Bertz CT molecular complexity index is 472. The van der Waals surface area contributed by atoms with Crippen LogP contribution in [0.2, 0.25) is 0 Å². The molecule has 0 saturated heterocycles. The summed E-state index contributed by atoms with van der Waals surface area (Å²) in [5.74, 6) is 0. The molecule has 2 heteroatoms. The quantitative estimate of drug-likeness (QED) is 0.721. The van der Waals surface area contributed by atoms with E-state index < -0.39 is 0 Å². The summed E-state index contributed by atoms with van der Waals surface area (Å²) in [7, 11) is 0. The molecule has 0 amide bonds. The van der Waals surface area contributed by atoms with Gasteiger partial charge < -0.3 is 4.98 Å². The van der Waals surface area contributed by atoms with Crippen LogP contribution in [0, 0.1) is 0 Å². The standard InChI is InChI=1S/C13H20N2/c1-5-9-11(13(2,3)4)12-10(15-9)7-6-8-14-12/h7,15H,5-6,8H2,1-4H3. The maximum Gasteiger partial charge on any atom is 0.0860 e. The molecule has 2 nitrogen and oxygen atoms in total. The van der Waals surface area contributed by atoms with Crippen molar-refractivity contribution >= 4 is 6.08 Å². The molecule has 0 fully saturated rings. The fourth-order valence-electron chi connectivity index (χ4n) is 2.33. The number of aromatic amines is 1. The molecule has 1 N–H and O–H groups in total. The van der Waals surface area contributed by atoms with E-state index in [1.54, 1.807) is 0 Å². The number of aryl methyl sites for hydroxylation is 1. The largest absolute Gasteiger partial charge is 0.357 e. The molecule has 2 heterocycles. The Kier molecular flexibility index (Phi) is 2.45. The van der Waals surface area contributed by atoms with E-state index in [0.717, 1.165) is 19.4 Å². The molecule has 1 aromatic heterocycles. The predicted molar refractivity (Wildman–Crippen MR) is 63.6 cm³/mol. The highest BCUT2D eigenvalue weighted by Crippen LogP contribution is 2.21. The number of hydrogen-bond donors (Lipinski definition) is 1. The molecule has 0 unspecified atom stereocenters. The molecule has 0 aromatic carbocycles. The van der Waals surface area contributed by atoms with Crippen LogP contribution in [-0.4, -0.2) is 11.5 Å². The summed E-state index contributed by atoms with van der Waals surface area (Å²) in [4.78, 5) is 8.17. The van der Waals surface area contributed by atoms with Crippen LogP contribution in [0.1, 0.15) is 45.4 Å². The minimum absolute atomic E-state index is 0.185. The van der Waals surface area contributed by atoms with Crippen LogP contribution in [0.15, 0.2) is 4.99 Å². The Labute approximate surface area is 91.1 Å². The van der Waals surface area contributed by atoms with E-state index in [0.29, 0.717) is 0 Å². The average Bonchev–Trinajstić information content (AvgIpc) is 2.54. The molecule has 1 aliphatic heterocycles. The number of nitrogens with one attached hydrogen (secondary N) is 1. The van der Waals surface area contributed by atoms with Gasteiger partial charge in [0.15, 0.2) is 0 Å². The van der Waals surface area contributed by atoms with Crippen molar-refractivity contribution in [3.63, 3.8) is 0 Å². The van der Waals surface area contributed by atoms with Crippen LogP contribution in [0.25, 0.3) is 6.08 Å². The maximum atomic E-state index is 4.67. The summed E-state index contributed by atoms with van der Waals surface area (Å²) < 4.78 is 0. The summed E-state index contributed by atoms with van der Waals surface area (Å²) in [6.45, 7) is 9.93. The number of H-pyrrole nitrogens is 1. The smallest absolute Gasteiger partial charge is 0.0860 e. The zero-order valence-electron chi connectivity index (χ0n) is 10.1. The number of fused-ring (bicyclic) bond motifs is 1. The molecule has 82 valence electrons. The van der Waals surface area contributed by atoms with Gasteiger partial charge in [-0.3, -0.25) is 4.99 Å². The monoisotopic (exact) mass is 204 g/mol. The zero-order chi connectivity index (χ0) is 11.1. The highest BCUT2D eigenvalue weighted by atomic mass is 14.8. The Morgan fingerprint density at radius 2 is 2.13 bits per heavy atom. The molecule has 0 spiro atoms. The maximum absolute atomic E-state index is 4.67. The zero-order valence-corrected chi connectivity index (χ0v) is 10.1. The molecule has 0 saturated carbocycles. The predicted octanol–water partition coefficient (Wildman–Crippen LogP) is 1.68. The summed E-state index contributed by atoms with van der Waals surface area (Å²) in [6.07, 6.45) is 4.40. The average molecular weight is 204 g/mol. The second kappa shape index (κ2) is 3.51. The number of rotatable bonds is 1. The Hall–Kier alpha value is -1.05. The lowest BCUT2D eigenvalue weighted by molar-refractivity contribution is 0.576. The van der Waals surface area contributed by atoms with E-state index >= 15 is 0 Å². The second-order valence-electron chi connectivity index (χ2n) is 5.22. The summed E-state index contributed by atoms with van der Waals surface area (Å²) >= 11 is 0. The molecular weight excluding hydrogens is 184 g/mol. The third-order valence-corrected chi connectivity index (χ3v) is 2.93. The van der Waals surface area contributed by atoms with Crippen molar-refractivity contribution < 1.29 is 0 Å². The summed E-state index contributed by atoms with van der Waals surface area (Å²) in [6, 6.07) is 0. The number of hydrogen-bond acceptors (Lipinski definition) is 1. The number of aromatic nitrogens is 1. The third kappa shape index (κ3) is 1.73. The van der Waals surface area contributed by atoms with Crippen LogP contribution in [0.5, 0.6) is 0 Å². The molecular formula is C13H20N2. The third-order valence-electron chi connectivity index (χ3n) is 2.93. The molecule has 0 radical (unpaired) electrons. The normalized spacial score (nSPS) is 15.5. The van der Waals surface area contributed by atoms with Gasteiger partial charge in [0, 0.05) is 17.8 Å². The molecule has 1 aromatic rings. The van der Waals surface area contributed by atoms with Crippen LogP contribution >= 0.6 is 0 Å². The lowest BCUT2D eigenvalue weighted by Crippen LogP contribution is -2.32. The topological polar surface area (TPSA) is 28.1 Å². The Balaban J connectivity index is 2.77.